The van der Waals surface area contributed by atoms with Crippen LogP contribution in [0.15, 0.2) is 47.6 Å². The van der Waals surface area contributed by atoms with E-state index >= 15 is 0 Å². The topological polar surface area (TPSA) is 66.6 Å². The lowest BCUT2D eigenvalue weighted by Gasteiger charge is -2.21. The Kier molecular flexibility index (Phi) is 7.46. The zero-order chi connectivity index (χ0) is 19.3. The molecule has 0 saturated carbocycles. The summed E-state index contributed by atoms with van der Waals surface area (Å²) >= 11 is 0. The number of hydrogen-bond donors (Lipinski definition) is 2. The lowest BCUT2D eigenvalue weighted by molar-refractivity contribution is 0.663. The molecule has 3 aromatic rings. The van der Waals surface area contributed by atoms with E-state index in [0.29, 0.717) is 0 Å². The molecule has 0 amide bonds. The van der Waals surface area contributed by atoms with E-state index in [0.717, 1.165) is 30.4 Å². The lowest BCUT2D eigenvalue weighted by atomic mass is 9.89. The van der Waals surface area contributed by atoms with Gasteiger partial charge in [0, 0.05) is 26.2 Å². The average molecular weight is 504 g/mol. The highest BCUT2D eigenvalue weighted by atomic mass is 127. The van der Waals surface area contributed by atoms with Crippen LogP contribution in [0.25, 0.3) is 5.65 Å². The maximum absolute atomic E-state index is 4.37. The quantitative estimate of drug-likeness (QED) is 0.316. The van der Waals surface area contributed by atoms with E-state index in [2.05, 4.69) is 50.9 Å². The van der Waals surface area contributed by atoms with Crippen molar-refractivity contribution in [1.29, 1.82) is 0 Å². The summed E-state index contributed by atoms with van der Waals surface area (Å²) in [6.07, 6.45) is 7.82. The molecule has 1 aromatic carbocycles. The van der Waals surface area contributed by atoms with Crippen LogP contribution in [-0.2, 0) is 19.3 Å². The summed E-state index contributed by atoms with van der Waals surface area (Å²) in [6, 6.07) is 13.0. The largest absolute Gasteiger partial charge is 0.356 e. The van der Waals surface area contributed by atoms with Crippen LogP contribution in [0.4, 0.5) is 0 Å². The number of aliphatic imine (C=N–C) groups is 1. The molecule has 0 saturated heterocycles. The Hall–Kier alpha value is -2.16. The van der Waals surface area contributed by atoms with Crippen LogP contribution < -0.4 is 10.6 Å². The number of nitrogens with one attached hydrogen (secondary N) is 2. The predicted molar refractivity (Wildman–Crippen MR) is 128 cm³/mol. The van der Waals surface area contributed by atoms with Crippen LogP contribution in [0.5, 0.6) is 0 Å². The number of hydrogen-bond acceptors (Lipinski definition) is 3. The molecule has 29 heavy (non-hydrogen) atoms. The predicted octanol–water partition coefficient (Wildman–Crippen LogP) is 3.69. The molecule has 0 bridgehead atoms. The van der Waals surface area contributed by atoms with Crippen molar-refractivity contribution in [2.45, 2.75) is 45.1 Å². The molecule has 7 heteroatoms. The maximum atomic E-state index is 4.37. The highest BCUT2D eigenvalue weighted by Gasteiger charge is 2.13. The molecule has 6 nitrogen and oxygen atoms in total. The van der Waals surface area contributed by atoms with E-state index in [1.165, 1.54) is 42.4 Å². The average Bonchev–Trinajstić information content (AvgIpc) is 3.15. The fourth-order valence-electron chi connectivity index (χ4n) is 3.86. The van der Waals surface area contributed by atoms with Gasteiger partial charge in [-0.1, -0.05) is 24.3 Å². The van der Waals surface area contributed by atoms with E-state index in [1.54, 1.807) is 7.05 Å². The molecule has 0 aliphatic heterocycles. The first-order valence-corrected chi connectivity index (χ1v) is 10.1. The molecule has 0 radical (unpaired) electrons. The number of fused-ring (bicyclic) bond motifs is 2. The van der Waals surface area contributed by atoms with Gasteiger partial charge in [-0.3, -0.25) is 9.39 Å². The summed E-state index contributed by atoms with van der Waals surface area (Å²) in [4.78, 5) is 4.37. The molecule has 0 fully saturated rings. The summed E-state index contributed by atoms with van der Waals surface area (Å²) in [6.45, 7) is 2.93. The van der Waals surface area contributed by atoms with Gasteiger partial charge < -0.3 is 10.6 Å². The first-order chi connectivity index (χ1) is 13.7. The molecule has 2 heterocycles. The second kappa shape index (κ2) is 10.0. The van der Waals surface area contributed by atoms with Gasteiger partial charge in [0.05, 0.1) is 6.04 Å². The van der Waals surface area contributed by atoms with Crippen LogP contribution in [0, 0.1) is 0 Å². The summed E-state index contributed by atoms with van der Waals surface area (Å²) in [7, 11) is 1.81. The summed E-state index contributed by atoms with van der Waals surface area (Å²) in [5.74, 6) is 1.75. The summed E-state index contributed by atoms with van der Waals surface area (Å²) < 4.78 is 2.02. The Balaban J connectivity index is 0.00000240. The molecule has 154 valence electrons. The molecule has 2 aromatic heterocycles. The van der Waals surface area contributed by atoms with Gasteiger partial charge in [0.15, 0.2) is 11.6 Å². The number of benzene rings is 1. The van der Waals surface area contributed by atoms with Gasteiger partial charge in [-0.05, 0) is 61.4 Å². The van der Waals surface area contributed by atoms with Gasteiger partial charge in [-0.15, -0.1) is 34.2 Å². The van der Waals surface area contributed by atoms with Gasteiger partial charge in [0.25, 0.3) is 0 Å². The number of aryl methyl sites for hydroxylation is 2. The van der Waals surface area contributed by atoms with Gasteiger partial charge in [-0.2, -0.15) is 0 Å². The van der Waals surface area contributed by atoms with E-state index in [9.17, 15) is 0 Å². The van der Waals surface area contributed by atoms with Crippen molar-refractivity contribution in [2.24, 2.45) is 4.99 Å². The number of nitrogens with zero attached hydrogens (tertiary/aromatic N) is 4. The number of rotatable bonds is 5. The molecule has 4 rings (SSSR count). The van der Waals surface area contributed by atoms with E-state index in [-0.39, 0.29) is 30.0 Å². The van der Waals surface area contributed by atoms with E-state index in [1.807, 2.05) is 28.8 Å². The Morgan fingerprint density at radius 1 is 1.14 bits per heavy atom. The van der Waals surface area contributed by atoms with Crippen LogP contribution in [0.1, 0.15) is 48.3 Å². The minimum absolute atomic E-state index is 0. The second-order valence-electron chi connectivity index (χ2n) is 7.40. The molecular weight excluding hydrogens is 475 g/mol. The maximum Gasteiger partial charge on any atom is 0.191 e. The van der Waals surface area contributed by atoms with Gasteiger partial charge in [0.2, 0.25) is 0 Å². The Morgan fingerprint density at radius 2 is 1.97 bits per heavy atom. The van der Waals surface area contributed by atoms with E-state index in [4.69, 9.17) is 0 Å². The highest BCUT2D eigenvalue weighted by Crippen LogP contribution is 2.24. The number of aromatic nitrogens is 3. The van der Waals surface area contributed by atoms with Crippen molar-refractivity contribution in [2.75, 3.05) is 13.6 Å². The van der Waals surface area contributed by atoms with Gasteiger partial charge in [0.1, 0.15) is 5.82 Å². The molecular formula is C22H29IN6. The third-order valence-electron chi connectivity index (χ3n) is 5.47. The van der Waals surface area contributed by atoms with Crippen molar-refractivity contribution in [3.63, 3.8) is 0 Å². The molecule has 1 atom stereocenters. The highest BCUT2D eigenvalue weighted by molar-refractivity contribution is 14.0. The second-order valence-corrected chi connectivity index (χ2v) is 7.40. The van der Waals surface area contributed by atoms with Crippen molar-refractivity contribution in [1.82, 2.24) is 25.2 Å². The van der Waals surface area contributed by atoms with Crippen molar-refractivity contribution >= 4 is 35.6 Å². The van der Waals surface area contributed by atoms with Crippen molar-refractivity contribution in [3.8, 4) is 0 Å². The third-order valence-corrected chi connectivity index (χ3v) is 5.47. The van der Waals surface area contributed by atoms with Crippen LogP contribution >= 0.6 is 24.0 Å². The van der Waals surface area contributed by atoms with Crippen molar-refractivity contribution < 1.29 is 0 Å². The molecule has 1 aliphatic carbocycles. The van der Waals surface area contributed by atoms with Gasteiger partial charge >= 0.3 is 0 Å². The fraction of sp³-hybridized carbons (Fsp3) is 0.409. The van der Waals surface area contributed by atoms with Crippen LogP contribution in [0.2, 0.25) is 0 Å². The molecule has 1 aliphatic rings. The SMILES string of the molecule is CN=C(NCCc1nnc2ccccn12)NC(C)c1ccc2c(c1)CCCC2.I. The summed E-state index contributed by atoms with van der Waals surface area (Å²) in [5.41, 5.74) is 5.22. The molecule has 1 unspecified atom stereocenters. The monoisotopic (exact) mass is 504 g/mol. The first-order valence-electron chi connectivity index (χ1n) is 10.1. The van der Waals surface area contributed by atoms with Gasteiger partial charge in [-0.25, -0.2) is 0 Å². The molecule has 0 spiro atoms. The summed E-state index contributed by atoms with van der Waals surface area (Å²) in [5, 5.41) is 15.4. The Labute approximate surface area is 189 Å². The number of halogens is 1. The zero-order valence-corrected chi connectivity index (χ0v) is 19.4. The number of guanidine groups is 1. The van der Waals surface area contributed by atoms with Crippen LogP contribution in [-0.4, -0.2) is 34.2 Å². The lowest BCUT2D eigenvalue weighted by Crippen LogP contribution is -2.39. The standard InChI is InChI=1S/C22H28N6.HI/c1-16(18-11-10-17-7-3-4-8-19(17)15-18)25-22(23-2)24-13-12-21-27-26-20-9-5-6-14-28(20)21;/h5-6,9-11,14-16H,3-4,7-8,12-13H2,1-2H3,(H2,23,24,25);1H. The molecule has 2 N–H and O–H groups in total. The first kappa shape index (κ1) is 21.5. The number of pyridine rings is 1. The van der Waals surface area contributed by atoms with Crippen LogP contribution in [0.3, 0.4) is 0 Å². The Bertz CT molecular complexity index is 980. The normalized spacial score (nSPS) is 14.8. The third kappa shape index (κ3) is 5.07. The van der Waals surface area contributed by atoms with E-state index < -0.39 is 0 Å². The Morgan fingerprint density at radius 3 is 2.79 bits per heavy atom. The zero-order valence-electron chi connectivity index (χ0n) is 17.1. The van der Waals surface area contributed by atoms with Crippen molar-refractivity contribution in [3.05, 3.63) is 65.1 Å². The minimum atomic E-state index is 0. The fourth-order valence-corrected chi connectivity index (χ4v) is 3.86. The minimum Gasteiger partial charge on any atom is -0.356 e. The smallest absolute Gasteiger partial charge is 0.191 e.